The molecule has 0 aliphatic heterocycles. The molecule has 2 N–H and O–H groups in total. The summed E-state index contributed by atoms with van der Waals surface area (Å²) in [5.74, 6) is -1.20. The summed E-state index contributed by atoms with van der Waals surface area (Å²) >= 11 is 0. The van der Waals surface area contributed by atoms with Gasteiger partial charge < -0.3 is 15.2 Å². The van der Waals surface area contributed by atoms with Gasteiger partial charge in [0.2, 0.25) is 5.91 Å². The molecule has 0 aliphatic carbocycles. The van der Waals surface area contributed by atoms with Gasteiger partial charge in [0.25, 0.3) is 5.69 Å². The highest BCUT2D eigenvalue weighted by atomic mass is 16.6. The van der Waals surface area contributed by atoms with Crippen LogP contribution in [-0.2, 0) is 11.3 Å². The van der Waals surface area contributed by atoms with Crippen LogP contribution in [0.5, 0.6) is 11.5 Å². The number of hydrogen-bond acceptors (Lipinski definition) is 7. The van der Waals surface area contributed by atoms with E-state index >= 15 is 0 Å². The van der Waals surface area contributed by atoms with Crippen molar-refractivity contribution < 1.29 is 24.4 Å². The Hall–Kier alpha value is -4.28. The summed E-state index contributed by atoms with van der Waals surface area (Å²) in [4.78, 5) is 37.4. The molecule has 0 saturated heterocycles. The van der Waals surface area contributed by atoms with E-state index < -0.39 is 16.8 Å². The number of amides is 1. The summed E-state index contributed by atoms with van der Waals surface area (Å²) in [5, 5.41) is 26.3. The van der Waals surface area contributed by atoms with Gasteiger partial charge in [-0.1, -0.05) is 0 Å². The van der Waals surface area contributed by atoms with Crippen molar-refractivity contribution in [3.63, 3.8) is 0 Å². The highest BCUT2D eigenvalue weighted by Crippen LogP contribution is 2.29. The number of carboxylic acids is 1. The number of nitro groups is 1. The molecule has 0 spiro atoms. The Morgan fingerprint density at radius 1 is 1.25 bits per heavy atom. The number of pyridine rings is 1. The van der Waals surface area contributed by atoms with Gasteiger partial charge >= 0.3 is 5.97 Å². The van der Waals surface area contributed by atoms with Gasteiger partial charge in [0, 0.05) is 24.5 Å². The molecule has 28 heavy (non-hydrogen) atoms. The van der Waals surface area contributed by atoms with Crippen LogP contribution in [0.15, 0.2) is 55.1 Å². The van der Waals surface area contributed by atoms with E-state index in [0.717, 1.165) is 10.9 Å². The average Bonchev–Trinajstić information content (AvgIpc) is 3.11. The van der Waals surface area contributed by atoms with Crippen LogP contribution < -0.4 is 10.1 Å². The maximum Gasteiger partial charge on any atom is 0.338 e. The number of carbonyl (C=O) groups excluding carboxylic acids is 1. The summed E-state index contributed by atoms with van der Waals surface area (Å²) in [6.45, 7) is -0.269. The first-order chi connectivity index (χ1) is 13.4. The van der Waals surface area contributed by atoms with E-state index in [1.165, 1.54) is 30.6 Å². The van der Waals surface area contributed by atoms with Crippen LogP contribution in [0, 0.1) is 10.1 Å². The minimum atomic E-state index is -1.16. The number of ether oxygens (including phenoxy) is 1. The van der Waals surface area contributed by atoms with Crippen LogP contribution >= 0.6 is 0 Å². The number of benzene rings is 1. The number of carboxylic acid groups (broad SMARTS) is 1. The maximum absolute atomic E-state index is 12.2. The molecule has 142 valence electrons. The Labute approximate surface area is 157 Å². The first-order valence-electron chi connectivity index (χ1n) is 7.83. The predicted molar refractivity (Wildman–Crippen MR) is 95.2 cm³/mol. The smallest absolute Gasteiger partial charge is 0.338 e. The van der Waals surface area contributed by atoms with Crippen molar-refractivity contribution in [1.29, 1.82) is 0 Å². The fraction of sp³-hybridized carbons (Fsp3) is 0.0588. The van der Waals surface area contributed by atoms with Gasteiger partial charge in [-0.05, 0) is 12.1 Å². The molecule has 1 amide bonds. The van der Waals surface area contributed by atoms with Crippen molar-refractivity contribution in [3.05, 3.63) is 70.8 Å². The van der Waals surface area contributed by atoms with Crippen molar-refractivity contribution in [3.8, 4) is 11.5 Å². The number of nitro benzene ring substituents is 1. The van der Waals surface area contributed by atoms with Crippen molar-refractivity contribution in [2.24, 2.45) is 0 Å². The molecule has 0 bridgehead atoms. The first kappa shape index (κ1) is 18.5. The number of carbonyl (C=O) groups is 2. The Balaban J connectivity index is 1.76. The Kier molecular flexibility index (Phi) is 5.25. The monoisotopic (exact) mass is 383 g/mol. The van der Waals surface area contributed by atoms with Gasteiger partial charge in [0.15, 0.2) is 0 Å². The molecule has 0 radical (unpaired) electrons. The molecular formula is C17H13N5O6. The van der Waals surface area contributed by atoms with Crippen molar-refractivity contribution in [2.45, 2.75) is 6.54 Å². The highest BCUT2D eigenvalue weighted by Gasteiger charge is 2.14. The van der Waals surface area contributed by atoms with E-state index in [1.807, 2.05) is 0 Å². The molecule has 11 nitrogen and oxygen atoms in total. The molecule has 0 atom stereocenters. The van der Waals surface area contributed by atoms with E-state index in [0.29, 0.717) is 5.75 Å². The molecule has 0 aliphatic rings. The van der Waals surface area contributed by atoms with Gasteiger partial charge in [0.05, 0.1) is 34.6 Å². The summed E-state index contributed by atoms with van der Waals surface area (Å²) < 4.78 is 6.68. The number of aromatic carboxylic acids is 1. The average molecular weight is 383 g/mol. The van der Waals surface area contributed by atoms with Crippen LogP contribution in [0.1, 0.15) is 10.4 Å². The van der Waals surface area contributed by atoms with Crippen LogP contribution in [0.25, 0.3) is 0 Å². The molecule has 2 heterocycles. The van der Waals surface area contributed by atoms with Gasteiger partial charge in [-0.3, -0.25) is 24.6 Å². The number of hydrogen-bond donors (Lipinski definition) is 2. The number of nitrogens with one attached hydrogen (secondary N) is 1. The number of non-ortho nitro benzene ring substituents is 1. The molecule has 0 fully saturated rings. The van der Waals surface area contributed by atoms with Crippen molar-refractivity contribution in [2.75, 3.05) is 5.32 Å². The minimum absolute atomic E-state index is 0.0599. The number of nitrogens with zero attached hydrogens (tertiary/aromatic N) is 4. The second-order valence-corrected chi connectivity index (χ2v) is 5.54. The third-order valence-electron chi connectivity index (χ3n) is 3.44. The number of rotatable bonds is 7. The molecule has 11 heteroatoms. The predicted octanol–water partition coefficient (Wildman–Crippen LogP) is 2.32. The lowest BCUT2D eigenvalue weighted by molar-refractivity contribution is -0.384. The molecular weight excluding hydrogens is 370 g/mol. The lowest BCUT2D eigenvalue weighted by atomic mass is 10.2. The molecule has 0 saturated carbocycles. The van der Waals surface area contributed by atoms with Crippen LogP contribution in [-0.4, -0.2) is 36.7 Å². The van der Waals surface area contributed by atoms with Crippen LogP contribution in [0.3, 0.4) is 0 Å². The highest BCUT2D eigenvalue weighted by molar-refractivity contribution is 5.91. The van der Waals surface area contributed by atoms with E-state index in [9.17, 15) is 19.7 Å². The van der Waals surface area contributed by atoms with Gasteiger partial charge in [-0.25, -0.2) is 4.79 Å². The summed E-state index contributed by atoms with van der Waals surface area (Å²) in [7, 11) is 0. The van der Waals surface area contributed by atoms with Gasteiger partial charge in [0.1, 0.15) is 18.0 Å². The van der Waals surface area contributed by atoms with Crippen molar-refractivity contribution >= 4 is 23.3 Å². The fourth-order valence-electron chi connectivity index (χ4n) is 2.27. The van der Waals surface area contributed by atoms with Crippen LogP contribution in [0.4, 0.5) is 11.4 Å². The van der Waals surface area contributed by atoms with Crippen molar-refractivity contribution in [1.82, 2.24) is 14.8 Å². The lowest BCUT2D eigenvalue weighted by Gasteiger charge is -2.09. The topological polar surface area (TPSA) is 149 Å². The second-order valence-electron chi connectivity index (χ2n) is 5.54. The largest absolute Gasteiger partial charge is 0.478 e. The van der Waals surface area contributed by atoms with Gasteiger partial charge in [-0.2, -0.15) is 5.10 Å². The zero-order valence-corrected chi connectivity index (χ0v) is 14.2. The van der Waals surface area contributed by atoms with E-state index in [-0.39, 0.29) is 29.2 Å². The third kappa shape index (κ3) is 4.66. The Morgan fingerprint density at radius 2 is 2.07 bits per heavy atom. The lowest BCUT2D eigenvalue weighted by Crippen LogP contribution is -2.19. The van der Waals surface area contributed by atoms with E-state index in [1.54, 1.807) is 18.3 Å². The number of aromatic nitrogens is 3. The van der Waals surface area contributed by atoms with E-state index in [4.69, 9.17) is 9.84 Å². The molecule has 0 unspecified atom stereocenters. The molecule has 3 aromatic rings. The maximum atomic E-state index is 12.2. The zero-order chi connectivity index (χ0) is 20.1. The first-order valence-corrected chi connectivity index (χ1v) is 7.83. The standard InChI is InChI=1S/C17H13N5O6/c23-16(10-21-9-11(7-19-21)17(24)25)20-12-4-13(22(26)27)6-15(5-12)28-14-2-1-3-18-8-14/h1-9H,10H2,(H,20,23)(H,24,25). The van der Waals surface area contributed by atoms with Crippen LogP contribution in [0.2, 0.25) is 0 Å². The summed E-state index contributed by atoms with van der Waals surface area (Å²) in [6.07, 6.45) is 5.31. The summed E-state index contributed by atoms with van der Waals surface area (Å²) in [6, 6.07) is 7.09. The Bertz CT molecular complexity index is 1030. The zero-order valence-electron chi connectivity index (χ0n) is 14.2. The quantitative estimate of drug-likeness (QED) is 0.466. The van der Waals surface area contributed by atoms with E-state index in [2.05, 4.69) is 15.4 Å². The molecule has 3 rings (SSSR count). The fourth-order valence-corrected chi connectivity index (χ4v) is 2.27. The molecule has 1 aromatic carbocycles. The normalized spacial score (nSPS) is 10.3. The molecule has 2 aromatic heterocycles. The minimum Gasteiger partial charge on any atom is -0.478 e. The third-order valence-corrected chi connectivity index (χ3v) is 3.44. The number of anilines is 1. The summed E-state index contributed by atoms with van der Waals surface area (Å²) in [5.41, 5.74) is -0.192. The SMILES string of the molecule is O=C(Cn1cc(C(=O)O)cn1)Nc1cc(Oc2cccnc2)cc([N+](=O)[O-])c1. The van der Waals surface area contributed by atoms with Gasteiger partial charge in [-0.15, -0.1) is 0 Å². The second kappa shape index (κ2) is 7.95. The Morgan fingerprint density at radius 3 is 2.71 bits per heavy atom.